The van der Waals surface area contributed by atoms with Gasteiger partial charge >= 0.3 is 5.97 Å². The minimum Gasteiger partial charge on any atom is -0.492 e. The first-order valence-electron chi connectivity index (χ1n) is 11.4. The van der Waals surface area contributed by atoms with Crippen LogP contribution in [-0.4, -0.2) is 55.9 Å². The summed E-state index contributed by atoms with van der Waals surface area (Å²) in [6.45, 7) is 5.86. The van der Waals surface area contributed by atoms with Crippen LogP contribution in [0.15, 0.2) is 60.7 Å². The Labute approximate surface area is 210 Å². The third-order valence-electron chi connectivity index (χ3n) is 5.70. The van der Waals surface area contributed by atoms with Crippen molar-refractivity contribution in [2.24, 2.45) is 0 Å². The van der Waals surface area contributed by atoms with Gasteiger partial charge in [-0.25, -0.2) is 4.79 Å². The van der Waals surface area contributed by atoms with Crippen LogP contribution in [0.3, 0.4) is 0 Å². The molecule has 0 atom stereocenters. The fourth-order valence-corrected chi connectivity index (χ4v) is 5.43. The number of rotatable bonds is 7. The third kappa shape index (κ3) is 5.69. The number of methoxy groups -OCH3 is 1. The van der Waals surface area contributed by atoms with E-state index in [1.165, 1.54) is 12.7 Å². The number of anilines is 2. The fraction of sp³-hybridized carbons (Fsp3) is 0.308. The van der Waals surface area contributed by atoms with Crippen molar-refractivity contribution in [2.75, 3.05) is 50.1 Å². The quantitative estimate of drug-likeness (QED) is 0.364. The van der Waals surface area contributed by atoms with Crippen molar-refractivity contribution in [3.63, 3.8) is 0 Å². The number of benzene rings is 2. The lowest BCUT2D eigenvalue weighted by Gasteiger charge is -2.37. The Morgan fingerprint density at radius 3 is 2.47 bits per heavy atom. The Hall–Kier alpha value is -3.10. The molecule has 0 saturated carbocycles. The number of nitrogens with one attached hydrogen (secondary N) is 1. The highest BCUT2D eigenvalue weighted by atomic mass is 32.1. The van der Waals surface area contributed by atoms with Crippen molar-refractivity contribution in [1.82, 2.24) is 4.90 Å². The molecule has 2 heterocycles. The summed E-state index contributed by atoms with van der Waals surface area (Å²) in [5, 5.41) is 4.67. The zero-order chi connectivity index (χ0) is 23.9. The van der Waals surface area contributed by atoms with Crippen molar-refractivity contribution >= 4 is 45.3 Å². The van der Waals surface area contributed by atoms with Crippen LogP contribution in [0.1, 0.15) is 27.7 Å². The first-order chi connectivity index (χ1) is 16.6. The number of ether oxygens (including phenoxy) is 2. The molecule has 4 rings (SSSR count). The maximum Gasteiger partial charge on any atom is 0.340 e. The molecule has 34 heavy (non-hydrogen) atoms. The summed E-state index contributed by atoms with van der Waals surface area (Å²) < 4.78 is 10.8. The molecule has 6 nitrogen and oxygen atoms in total. The largest absolute Gasteiger partial charge is 0.492 e. The highest BCUT2D eigenvalue weighted by Crippen LogP contribution is 2.32. The second-order valence-electron chi connectivity index (χ2n) is 7.91. The van der Waals surface area contributed by atoms with Crippen LogP contribution in [0.5, 0.6) is 5.75 Å². The lowest BCUT2D eigenvalue weighted by Crippen LogP contribution is -2.50. The number of carbonyl (C=O) groups excluding carboxylic acids is 1. The Kier molecular flexibility index (Phi) is 8.03. The molecule has 0 radical (unpaired) electrons. The molecular weight excluding hydrogens is 466 g/mol. The summed E-state index contributed by atoms with van der Waals surface area (Å²) in [7, 11) is 1.40. The molecular formula is C26H29N3O3S2. The topological polar surface area (TPSA) is 54.0 Å². The van der Waals surface area contributed by atoms with E-state index in [1.807, 2.05) is 49.4 Å². The van der Waals surface area contributed by atoms with E-state index in [0.717, 1.165) is 53.9 Å². The average molecular weight is 496 g/mol. The van der Waals surface area contributed by atoms with Gasteiger partial charge in [0.15, 0.2) is 5.11 Å². The van der Waals surface area contributed by atoms with Gasteiger partial charge in [0, 0.05) is 37.5 Å². The molecule has 178 valence electrons. The first-order valence-corrected chi connectivity index (χ1v) is 12.6. The molecule has 1 saturated heterocycles. The smallest absolute Gasteiger partial charge is 0.340 e. The van der Waals surface area contributed by atoms with Crippen LogP contribution < -0.4 is 15.0 Å². The second kappa shape index (κ2) is 11.4. The summed E-state index contributed by atoms with van der Waals surface area (Å²) in [6.07, 6.45) is 0.752. The monoisotopic (exact) mass is 495 g/mol. The lowest BCUT2D eigenvalue weighted by atomic mass is 10.1. The number of thiocarbonyl (C=S) groups is 1. The predicted molar refractivity (Wildman–Crippen MR) is 143 cm³/mol. The Balaban J connectivity index is 1.42. The number of para-hydroxylation sites is 2. The van der Waals surface area contributed by atoms with E-state index in [9.17, 15) is 4.79 Å². The van der Waals surface area contributed by atoms with E-state index < -0.39 is 0 Å². The van der Waals surface area contributed by atoms with Gasteiger partial charge in [0.1, 0.15) is 10.8 Å². The zero-order valence-corrected chi connectivity index (χ0v) is 21.1. The Bertz CT molecular complexity index is 1130. The van der Waals surface area contributed by atoms with Gasteiger partial charge in [0.25, 0.3) is 0 Å². The highest BCUT2D eigenvalue weighted by Gasteiger charge is 2.23. The van der Waals surface area contributed by atoms with Crippen molar-refractivity contribution in [2.45, 2.75) is 13.3 Å². The van der Waals surface area contributed by atoms with Crippen LogP contribution in [0.2, 0.25) is 0 Å². The number of hydrogen-bond acceptors (Lipinski definition) is 6. The standard InChI is InChI=1S/C26H29N3O3S2/c1-3-32-23-12-8-7-11-22(23)28-13-15-29(16-14-28)26(33)27-24-21(25(30)31-2)18-20(34-24)17-19-9-5-4-6-10-19/h4-12,18H,3,13-17H2,1-2H3,(H,27,33). The number of nitrogens with zero attached hydrogens (tertiary/aromatic N) is 2. The third-order valence-corrected chi connectivity index (χ3v) is 7.11. The summed E-state index contributed by atoms with van der Waals surface area (Å²) >= 11 is 7.27. The lowest BCUT2D eigenvalue weighted by molar-refractivity contribution is 0.0602. The van der Waals surface area contributed by atoms with E-state index in [-0.39, 0.29) is 5.97 Å². The number of esters is 1. The molecule has 1 aliphatic heterocycles. The zero-order valence-electron chi connectivity index (χ0n) is 19.5. The highest BCUT2D eigenvalue weighted by molar-refractivity contribution is 7.80. The molecule has 1 fully saturated rings. The molecule has 2 aromatic carbocycles. The van der Waals surface area contributed by atoms with E-state index in [1.54, 1.807) is 11.3 Å². The Morgan fingerprint density at radius 2 is 1.76 bits per heavy atom. The number of hydrogen-bond donors (Lipinski definition) is 1. The van der Waals surface area contributed by atoms with Crippen molar-refractivity contribution in [3.05, 3.63) is 76.7 Å². The van der Waals surface area contributed by atoms with E-state index in [4.69, 9.17) is 21.7 Å². The number of carbonyl (C=O) groups is 1. The van der Waals surface area contributed by atoms with E-state index in [2.05, 4.69) is 33.3 Å². The van der Waals surface area contributed by atoms with Crippen LogP contribution in [-0.2, 0) is 11.2 Å². The Morgan fingerprint density at radius 1 is 1.06 bits per heavy atom. The number of piperazine rings is 1. The minimum atomic E-state index is -0.363. The normalized spacial score (nSPS) is 13.5. The van der Waals surface area contributed by atoms with E-state index >= 15 is 0 Å². The molecule has 0 unspecified atom stereocenters. The molecule has 0 bridgehead atoms. The minimum absolute atomic E-state index is 0.363. The van der Waals surface area contributed by atoms with Gasteiger partial charge in [-0.05, 0) is 42.9 Å². The van der Waals surface area contributed by atoms with Crippen molar-refractivity contribution in [3.8, 4) is 5.75 Å². The maximum absolute atomic E-state index is 12.4. The molecule has 1 aromatic heterocycles. The first kappa shape index (κ1) is 24.0. The fourth-order valence-electron chi connectivity index (χ4n) is 4.00. The second-order valence-corrected chi connectivity index (χ2v) is 9.44. The van der Waals surface area contributed by atoms with Crippen LogP contribution in [0, 0.1) is 0 Å². The van der Waals surface area contributed by atoms with Crippen LogP contribution >= 0.6 is 23.6 Å². The summed E-state index contributed by atoms with van der Waals surface area (Å²) in [5.74, 6) is 0.546. The predicted octanol–water partition coefficient (Wildman–Crippen LogP) is 5.04. The van der Waals surface area contributed by atoms with Crippen molar-refractivity contribution < 1.29 is 14.3 Å². The molecule has 0 spiro atoms. The molecule has 0 aliphatic carbocycles. The van der Waals surface area contributed by atoms with Gasteiger partial charge in [-0.3, -0.25) is 0 Å². The molecule has 1 aliphatic rings. The van der Waals surface area contributed by atoms with Crippen molar-refractivity contribution in [1.29, 1.82) is 0 Å². The maximum atomic E-state index is 12.4. The van der Waals surface area contributed by atoms with E-state index in [0.29, 0.717) is 17.3 Å². The number of thiophene rings is 1. The average Bonchev–Trinajstić information content (AvgIpc) is 3.26. The molecule has 8 heteroatoms. The van der Waals surface area contributed by atoms with Gasteiger partial charge in [0.2, 0.25) is 0 Å². The van der Waals surface area contributed by atoms with Gasteiger partial charge in [0.05, 0.1) is 25.0 Å². The summed E-state index contributed by atoms with van der Waals surface area (Å²) in [5.41, 5.74) is 2.82. The van der Waals surface area contributed by atoms with Gasteiger partial charge in [-0.2, -0.15) is 0 Å². The molecule has 0 amide bonds. The SMILES string of the molecule is CCOc1ccccc1N1CCN(C(=S)Nc2sc(Cc3ccccc3)cc2C(=O)OC)CC1. The van der Waals surface area contributed by atoms with Gasteiger partial charge in [-0.15, -0.1) is 11.3 Å². The van der Waals surface area contributed by atoms with Gasteiger partial charge in [-0.1, -0.05) is 42.5 Å². The summed E-state index contributed by atoms with van der Waals surface area (Å²) in [4.78, 5) is 18.0. The molecule has 3 aromatic rings. The molecule has 1 N–H and O–H groups in total. The van der Waals surface area contributed by atoms with Gasteiger partial charge < -0.3 is 24.6 Å². The summed E-state index contributed by atoms with van der Waals surface area (Å²) in [6, 6.07) is 20.2. The van der Waals surface area contributed by atoms with Crippen LogP contribution in [0.4, 0.5) is 10.7 Å². The van der Waals surface area contributed by atoms with Crippen LogP contribution in [0.25, 0.3) is 0 Å².